The van der Waals surface area contributed by atoms with Crippen LogP contribution in [0.15, 0.2) is 47.7 Å². The van der Waals surface area contributed by atoms with Gasteiger partial charge < -0.3 is 9.88 Å². The molecule has 0 saturated heterocycles. The van der Waals surface area contributed by atoms with Gasteiger partial charge in [-0.3, -0.25) is 4.99 Å². The third kappa shape index (κ3) is 4.24. The van der Waals surface area contributed by atoms with E-state index in [2.05, 4.69) is 51.9 Å². The van der Waals surface area contributed by atoms with Crippen LogP contribution in [0.4, 0.5) is 20.3 Å². The lowest BCUT2D eigenvalue weighted by atomic mass is 9.81. The van der Waals surface area contributed by atoms with Gasteiger partial charge in [-0.15, -0.1) is 0 Å². The second-order valence-electron chi connectivity index (χ2n) is 8.43. The van der Waals surface area contributed by atoms with Crippen LogP contribution < -0.4 is 5.32 Å². The first kappa shape index (κ1) is 21.2. The normalized spacial score (nSPS) is 16.8. The van der Waals surface area contributed by atoms with E-state index in [0.29, 0.717) is 6.54 Å². The fraction of sp³-hybridized carbons (Fsp3) is 0.360. The van der Waals surface area contributed by atoms with Crippen LogP contribution in [-0.4, -0.2) is 28.7 Å². The van der Waals surface area contributed by atoms with E-state index in [-0.39, 0.29) is 18.8 Å². The molecule has 1 fully saturated rings. The summed E-state index contributed by atoms with van der Waals surface area (Å²) in [5, 5.41) is 4.50. The van der Waals surface area contributed by atoms with Gasteiger partial charge in [-0.05, 0) is 73.2 Å². The number of fused-ring (bicyclic) bond motifs is 1. The van der Waals surface area contributed by atoms with Crippen molar-refractivity contribution in [2.75, 3.05) is 12.4 Å². The van der Waals surface area contributed by atoms with E-state index in [4.69, 9.17) is 0 Å². The molecule has 31 heavy (non-hydrogen) atoms. The van der Waals surface area contributed by atoms with Crippen molar-refractivity contribution < 1.29 is 8.78 Å². The zero-order chi connectivity index (χ0) is 22.2. The quantitative estimate of drug-likeness (QED) is 0.458. The highest BCUT2D eigenvalue weighted by atomic mass is 19.3. The average molecular weight is 423 g/mol. The summed E-state index contributed by atoms with van der Waals surface area (Å²) in [4.78, 5) is 8.71. The SMILES string of the molecule is C/C=C(\C=N/C)c1cc(C)c(Nc2nccc3c2ccn3CC2CC(F)(F)C2)c(C)c1. The predicted molar refractivity (Wildman–Crippen MR) is 125 cm³/mol. The predicted octanol–water partition coefficient (Wildman–Crippen LogP) is 6.55. The summed E-state index contributed by atoms with van der Waals surface area (Å²) in [7, 11) is 1.77. The van der Waals surface area contributed by atoms with E-state index in [1.54, 1.807) is 13.2 Å². The standard InChI is InChI=1S/C25H28F2N4/c1-5-19(14-28-4)20-10-16(2)23(17(3)11-20)30-24-21-7-9-31(22(21)6-8-29-24)15-18-12-25(26,27)13-18/h5-11,14,18H,12-13,15H2,1-4H3,(H,29,30)/b19-5+,28-14-. The van der Waals surface area contributed by atoms with Crippen LogP contribution in [0.1, 0.15) is 36.5 Å². The van der Waals surface area contributed by atoms with Gasteiger partial charge in [0.25, 0.3) is 0 Å². The molecular weight excluding hydrogens is 394 g/mol. The topological polar surface area (TPSA) is 42.2 Å². The van der Waals surface area contributed by atoms with Gasteiger partial charge in [0.1, 0.15) is 5.82 Å². The summed E-state index contributed by atoms with van der Waals surface area (Å²) in [6.07, 6.45) is 7.61. The molecule has 0 atom stereocenters. The number of benzene rings is 1. The van der Waals surface area contributed by atoms with Gasteiger partial charge in [0.2, 0.25) is 5.92 Å². The Morgan fingerprint density at radius 3 is 2.58 bits per heavy atom. The highest BCUT2D eigenvalue weighted by molar-refractivity contribution is 6.10. The number of anilines is 2. The molecule has 0 amide bonds. The first-order valence-corrected chi connectivity index (χ1v) is 10.6. The fourth-order valence-corrected chi connectivity index (χ4v) is 4.47. The summed E-state index contributed by atoms with van der Waals surface area (Å²) in [5.74, 6) is -1.69. The number of nitrogens with one attached hydrogen (secondary N) is 1. The minimum atomic E-state index is -2.49. The Kier molecular flexibility index (Phi) is 5.65. The molecule has 0 unspecified atom stereocenters. The summed E-state index contributed by atoms with van der Waals surface area (Å²) in [6, 6.07) is 8.25. The molecule has 0 bridgehead atoms. The molecule has 2 aromatic heterocycles. The molecular formula is C25H28F2N4. The second-order valence-corrected chi connectivity index (χ2v) is 8.43. The van der Waals surface area contributed by atoms with Crippen LogP contribution >= 0.6 is 0 Å². The van der Waals surface area contributed by atoms with Crippen LogP contribution in [0.25, 0.3) is 16.5 Å². The Balaban J connectivity index is 1.62. The van der Waals surface area contributed by atoms with Gasteiger partial charge in [-0.25, -0.2) is 13.8 Å². The zero-order valence-electron chi connectivity index (χ0n) is 18.4. The lowest BCUT2D eigenvalue weighted by Gasteiger charge is -2.35. The smallest absolute Gasteiger partial charge is 0.248 e. The van der Waals surface area contributed by atoms with Crippen molar-refractivity contribution in [1.82, 2.24) is 9.55 Å². The molecule has 1 aromatic carbocycles. The maximum Gasteiger partial charge on any atom is 0.248 e. The third-order valence-electron chi connectivity index (χ3n) is 6.02. The maximum atomic E-state index is 13.2. The number of nitrogens with zero attached hydrogens (tertiary/aromatic N) is 3. The number of aryl methyl sites for hydroxylation is 2. The van der Waals surface area contributed by atoms with Crippen molar-refractivity contribution in [3.8, 4) is 0 Å². The summed E-state index contributed by atoms with van der Waals surface area (Å²) in [5.41, 5.74) is 6.49. The molecule has 0 aliphatic heterocycles. The number of hydrogen-bond donors (Lipinski definition) is 1. The van der Waals surface area contributed by atoms with Crippen LogP contribution in [0, 0.1) is 19.8 Å². The van der Waals surface area contributed by atoms with Crippen molar-refractivity contribution in [2.45, 2.75) is 46.1 Å². The molecule has 1 saturated carbocycles. The van der Waals surface area contributed by atoms with E-state index in [9.17, 15) is 8.78 Å². The highest BCUT2D eigenvalue weighted by Gasteiger charge is 2.45. The van der Waals surface area contributed by atoms with Crippen LogP contribution in [-0.2, 0) is 6.54 Å². The maximum absolute atomic E-state index is 13.2. The van der Waals surface area contributed by atoms with Crippen molar-refractivity contribution >= 4 is 34.2 Å². The van der Waals surface area contributed by atoms with E-state index >= 15 is 0 Å². The molecule has 4 nitrogen and oxygen atoms in total. The molecule has 3 aromatic rings. The Labute approximate surface area is 181 Å². The van der Waals surface area contributed by atoms with Gasteiger partial charge in [0.05, 0.1) is 5.52 Å². The number of rotatable bonds is 6. The minimum Gasteiger partial charge on any atom is -0.347 e. The minimum absolute atomic E-state index is 0.0233. The number of aliphatic imine (C=N–C) groups is 1. The summed E-state index contributed by atoms with van der Waals surface area (Å²) in [6.45, 7) is 6.78. The first-order valence-electron chi connectivity index (χ1n) is 10.6. The van der Waals surface area contributed by atoms with Crippen LogP contribution in [0.2, 0.25) is 0 Å². The van der Waals surface area contributed by atoms with Crippen molar-refractivity contribution in [2.24, 2.45) is 10.9 Å². The highest BCUT2D eigenvalue weighted by Crippen LogP contribution is 2.43. The Bertz CT molecular complexity index is 1140. The molecule has 0 spiro atoms. The zero-order valence-corrected chi connectivity index (χ0v) is 18.4. The Morgan fingerprint density at radius 2 is 1.97 bits per heavy atom. The van der Waals surface area contributed by atoms with Crippen molar-refractivity contribution in [3.63, 3.8) is 0 Å². The molecule has 2 heterocycles. The molecule has 0 radical (unpaired) electrons. The number of pyridine rings is 1. The average Bonchev–Trinajstić information content (AvgIpc) is 3.11. The lowest BCUT2D eigenvalue weighted by Crippen LogP contribution is -2.37. The van der Waals surface area contributed by atoms with Crippen LogP contribution in [0.5, 0.6) is 0 Å². The van der Waals surface area contributed by atoms with Gasteiger partial charge in [0, 0.05) is 56.1 Å². The van der Waals surface area contributed by atoms with Gasteiger partial charge in [-0.1, -0.05) is 6.08 Å². The molecule has 1 aliphatic rings. The molecule has 162 valence electrons. The summed E-state index contributed by atoms with van der Waals surface area (Å²) < 4.78 is 28.5. The fourth-order valence-electron chi connectivity index (χ4n) is 4.47. The van der Waals surface area contributed by atoms with Crippen molar-refractivity contribution in [1.29, 1.82) is 0 Å². The largest absolute Gasteiger partial charge is 0.347 e. The second kappa shape index (κ2) is 8.25. The van der Waals surface area contributed by atoms with Gasteiger partial charge >= 0.3 is 0 Å². The van der Waals surface area contributed by atoms with Gasteiger partial charge in [-0.2, -0.15) is 0 Å². The Morgan fingerprint density at radius 1 is 1.26 bits per heavy atom. The van der Waals surface area contributed by atoms with E-state index in [1.165, 1.54) is 0 Å². The van der Waals surface area contributed by atoms with E-state index in [1.807, 2.05) is 31.5 Å². The van der Waals surface area contributed by atoms with E-state index in [0.717, 1.165) is 44.7 Å². The van der Waals surface area contributed by atoms with Gasteiger partial charge in [0.15, 0.2) is 0 Å². The first-order chi connectivity index (χ1) is 14.8. The number of alkyl halides is 2. The van der Waals surface area contributed by atoms with E-state index < -0.39 is 5.92 Å². The van der Waals surface area contributed by atoms with Crippen LogP contribution in [0.3, 0.4) is 0 Å². The molecule has 1 aliphatic carbocycles. The van der Waals surface area contributed by atoms with Crippen molar-refractivity contribution in [3.05, 3.63) is 59.4 Å². The lowest BCUT2D eigenvalue weighted by molar-refractivity contribution is -0.113. The number of hydrogen-bond acceptors (Lipinski definition) is 3. The molecule has 1 N–H and O–H groups in total. The number of aromatic nitrogens is 2. The number of allylic oxidation sites excluding steroid dienone is 2. The monoisotopic (exact) mass is 422 g/mol. The Hall–Kier alpha value is -3.02. The number of halogens is 2. The summed E-state index contributed by atoms with van der Waals surface area (Å²) >= 11 is 0. The molecule has 6 heteroatoms. The third-order valence-corrected chi connectivity index (χ3v) is 6.02. The molecule has 4 rings (SSSR count).